The summed E-state index contributed by atoms with van der Waals surface area (Å²) >= 11 is 3.49. The number of nitrogens with one attached hydrogen (secondary N) is 1. The summed E-state index contributed by atoms with van der Waals surface area (Å²) in [6.45, 7) is 0.468. The fourth-order valence-corrected chi connectivity index (χ4v) is 5.69. The molecule has 124 valence electrons. The lowest BCUT2D eigenvalue weighted by Gasteiger charge is -2.16. The molecule has 23 heavy (non-hydrogen) atoms. The molecule has 1 aliphatic carbocycles. The Hall–Kier alpha value is -0.820. The van der Waals surface area contributed by atoms with E-state index in [1.165, 1.54) is 22.4 Å². The highest BCUT2D eigenvalue weighted by Gasteiger charge is 2.17. The van der Waals surface area contributed by atoms with Gasteiger partial charge in [-0.2, -0.15) is 11.8 Å². The monoisotopic (exact) mass is 367 g/mol. The number of hydrogen-bond donors (Lipinski definition) is 1. The molecule has 2 aromatic rings. The van der Waals surface area contributed by atoms with Gasteiger partial charge in [-0.05, 0) is 60.4 Å². The highest BCUT2D eigenvalue weighted by atomic mass is 32.2. The van der Waals surface area contributed by atoms with E-state index in [1.54, 1.807) is 29.2 Å². The minimum atomic E-state index is -3.39. The minimum absolute atomic E-state index is 0.404. The van der Waals surface area contributed by atoms with Gasteiger partial charge in [0.15, 0.2) is 0 Å². The summed E-state index contributed by atoms with van der Waals surface area (Å²) in [7, 11) is -3.39. The van der Waals surface area contributed by atoms with Gasteiger partial charge in [0.1, 0.15) is 0 Å². The van der Waals surface area contributed by atoms with Gasteiger partial charge in [0, 0.05) is 22.9 Å². The molecule has 3 rings (SSSR count). The van der Waals surface area contributed by atoms with Crippen LogP contribution in [0.1, 0.15) is 28.8 Å². The number of thioether (sulfide) groups is 1. The Morgan fingerprint density at radius 3 is 2.74 bits per heavy atom. The minimum Gasteiger partial charge on any atom is -0.210 e. The molecule has 0 fully saturated rings. The topological polar surface area (TPSA) is 46.2 Å². The zero-order valence-corrected chi connectivity index (χ0v) is 15.4. The lowest BCUT2D eigenvalue weighted by molar-refractivity contribution is 0.583. The zero-order chi connectivity index (χ0) is 16.1. The van der Waals surface area contributed by atoms with Crippen LogP contribution in [0.3, 0.4) is 0 Å². The van der Waals surface area contributed by atoms with Crippen molar-refractivity contribution >= 4 is 33.1 Å². The van der Waals surface area contributed by atoms with Gasteiger partial charge < -0.3 is 0 Å². The van der Waals surface area contributed by atoms with Gasteiger partial charge in [0.25, 0.3) is 0 Å². The van der Waals surface area contributed by atoms with Crippen LogP contribution < -0.4 is 4.72 Å². The number of aryl methyl sites for hydroxylation is 2. The Morgan fingerprint density at radius 2 is 1.96 bits per heavy atom. The van der Waals surface area contributed by atoms with E-state index in [0.29, 0.717) is 11.4 Å². The van der Waals surface area contributed by atoms with E-state index < -0.39 is 10.0 Å². The predicted molar refractivity (Wildman–Crippen MR) is 98.8 cm³/mol. The Bertz CT molecular complexity index is 739. The Labute approximate surface area is 146 Å². The number of hydrogen-bond acceptors (Lipinski definition) is 4. The molecule has 0 spiro atoms. The van der Waals surface area contributed by atoms with Crippen LogP contribution in [-0.4, -0.2) is 20.7 Å². The van der Waals surface area contributed by atoms with Gasteiger partial charge in [-0.3, -0.25) is 0 Å². The molecule has 0 aliphatic heterocycles. The van der Waals surface area contributed by atoms with Crippen molar-refractivity contribution in [2.75, 3.05) is 12.3 Å². The molecule has 0 radical (unpaired) electrons. The maximum absolute atomic E-state index is 12.4. The summed E-state index contributed by atoms with van der Waals surface area (Å²) in [4.78, 5) is 1.73. The lowest BCUT2D eigenvalue weighted by atomic mass is 9.92. The second kappa shape index (κ2) is 7.83. The SMILES string of the molecule is O=S(=O)(NCCSCc1cccs1)c1ccc2c(c1)CCCC2. The molecule has 3 nitrogen and oxygen atoms in total. The second-order valence-electron chi connectivity index (χ2n) is 5.67. The van der Waals surface area contributed by atoms with Crippen LogP contribution in [0.4, 0.5) is 0 Å². The van der Waals surface area contributed by atoms with Crippen molar-refractivity contribution < 1.29 is 8.42 Å². The fraction of sp³-hybridized carbons (Fsp3) is 0.412. The van der Waals surface area contributed by atoms with Crippen molar-refractivity contribution in [2.45, 2.75) is 36.3 Å². The summed E-state index contributed by atoms with van der Waals surface area (Å²) in [5, 5.41) is 2.06. The van der Waals surface area contributed by atoms with E-state index in [4.69, 9.17) is 0 Å². The normalized spacial score (nSPS) is 14.6. The first-order valence-electron chi connectivity index (χ1n) is 7.87. The fourth-order valence-electron chi connectivity index (χ4n) is 2.78. The number of benzene rings is 1. The first kappa shape index (κ1) is 17.0. The van der Waals surface area contributed by atoms with Crippen LogP contribution in [0, 0.1) is 0 Å². The Morgan fingerprint density at radius 1 is 1.13 bits per heavy atom. The Kier molecular flexibility index (Phi) is 5.80. The van der Waals surface area contributed by atoms with Crippen LogP contribution in [0.5, 0.6) is 0 Å². The van der Waals surface area contributed by atoms with E-state index in [9.17, 15) is 8.42 Å². The highest BCUT2D eigenvalue weighted by molar-refractivity contribution is 7.98. The molecular formula is C17H21NO2S3. The van der Waals surface area contributed by atoms with E-state index in [-0.39, 0.29) is 0 Å². The van der Waals surface area contributed by atoms with Crippen molar-refractivity contribution in [2.24, 2.45) is 0 Å². The van der Waals surface area contributed by atoms with Crippen LogP contribution in [0.15, 0.2) is 40.6 Å². The number of sulfonamides is 1. The smallest absolute Gasteiger partial charge is 0.210 e. The van der Waals surface area contributed by atoms with Gasteiger partial charge in [0.2, 0.25) is 10.0 Å². The number of thiophene rings is 1. The van der Waals surface area contributed by atoms with Crippen molar-refractivity contribution in [3.05, 3.63) is 51.7 Å². The molecule has 0 unspecified atom stereocenters. The van der Waals surface area contributed by atoms with Gasteiger partial charge >= 0.3 is 0 Å². The third-order valence-electron chi connectivity index (χ3n) is 3.99. The number of fused-ring (bicyclic) bond motifs is 1. The average Bonchev–Trinajstić information content (AvgIpc) is 3.07. The van der Waals surface area contributed by atoms with Crippen molar-refractivity contribution in [1.29, 1.82) is 0 Å². The molecule has 0 bridgehead atoms. The lowest BCUT2D eigenvalue weighted by Crippen LogP contribution is -2.26. The zero-order valence-electron chi connectivity index (χ0n) is 13.0. The summed E-state index contributed by atoms with van der Waals surface area (Å²) < 4.78 is 27.5. The van der Waals surface area contributed by atoms with Crippen LogP contribution in [0.25, 0.3) is 0 Å². The summed E-state index contributed by atoms with van der Waals surface area (Å²) in [5.74, 6) is 1.72. The molecule has 1 heterocycles. The van der Waals surface area contributed by atoms with Gasteiger partial charge in [-0.1, -0.05) is 12.1 Å². The van der Waals surface area contributed by atoms with Crippen molar-refractivity contribution in [3.63, 3.8) is 0 Å². The summed E-state index contributed by atoms with van der Waals surface area (Å²) in [6, 6.07) is 9.73. The largest absolute Gasteiger partial charge is 0.240 e. The third kappa shape index (κ3) is 4.59. The van der Waals surface area contributed by atoms with Crippen LogP contribution in [0.2, 0.25) is 0 Å². The molecule has 0 saturated carbocycles. The molecule has 1 aromatic heterocycles. The maximum Gasteiger partial charge on any atom is 0.240 e. The molecule has 1 aliphatic rings. The van der Waals surface area contributed by atoms with E-state index >= 15 is 0 Å². The predicted octanol–water partition coefficient (Wildman–Crippen LogP) is 3.84. The standard InChI is InChI=1S/C17H21NO2S3/c19-23(20,18-9-11-21-13-16-6-3-10-22-16)17-8-7-14-4-1-2-5-15(14)12-17/h3,6-8,10,12,18H,1-2,4-5,9,11,13H2. The molecule has 1 aromatic carbocycles. The third-order valence-corrected chi connectivity index (χ3v) is 7.52. The number of rotatable bonds is 7. The maximum atomic E-state index is 12.4. The first-order chi connectivity index (χ1) is 11.1. The molecule has 0 saturated heterocycles. The molecular weight excluding hydrogens is 346 g/mol. The van der Waals surface area contributed by atoms with E-state index in [2.05, 4.69) is 16.2 Å². The van der Waals surface area contributed by atoms with Crippen LogP contribution >= 0.6 is 23.1 Å². The molecule has 0 amide bonds. The highest BCUT2D eigenvalue weighted by Crippen LogP contribution is 2.24. The Balaban J connectivity index is 1.52. The van der Waals surface area contributed by atoms with Gasteiger partial charge in [0.05, 0.1) is 4.90 Å². The van der Waals surface area contributed by atoms with Crippen molar-refractivity contribution in [1.82, 2.24) is 4.72 Å². The first-order valence-corrected chi connectivity index (χ1v) is 11.4. The van der Waals surface area contributed by atoms with Gasteiger partial charge in [-0.15, -0.1) is 11.3 Å². The van der Waals surface area contributed by atoms with E-state index in [0.717, 1.165) is 30.8 Å². The van der Waals surface area contributed by atoms with E-state index in [1.807, 2.05) is 18.2 Å². The molecule has 1 N–H and O–H groups in total. The summed E-state index contributed by atoms with van der Waals surface area (Å²) in [5.41, 5.74) is 2.51. The molecule has 0 atom stereocenters. The quantitative estimate of drug-likeness (QED) is 0.756. The van der Waals surface area contributed by atoms with Crippen LogP contribution in [-0.2, 0) is 28.6 Å². The average molecular weight is 368 g/mol. The second-order valence-corrected chi connectivity index (χ2v) is 9.57. The summed E-state index contributed by atoms with van der Waals surface area (Å²) in [6.07, 6.45) is 4.43. The molecule has 6 heteroatoms. The van der Waals surface area contributed by atoms with Gasteiger partial charge in [-0.25, -0.2) is 13.1 Å². The van der Waals surface area contributed by atoms with Crippen molar-refractivity contribution in [3.8, 4) is 0 Å².